The molecule has 0 saturated heterocycles. The Labute approximate surface area is 197 Å². The summed E-state index contributed by atoms with van der Waals surface area (Å²) in [5.74, 6) is 4.58. The molecule has 0 aliphatic heterocycles. The van der Waals surface area contributed by atoms with E-state index in [9.17, 15) is 0 Å². The topological polar surface area (TPSA) is 0 Å². The van der Waals surface area contributed by atoms with E-state index in [2.05, 4.69) is 76.2 Å². The molecule has 3 aliphatic carbocycles. The van der Waals surface area contributed by atoms with E-state index in [1.54, 1.807) is 0 Å². The molecule has 0 aromatic rings. The van der Waals surface area contributed by atoms with Crippen LogP contribution in [-0.4, -0.2) is 0 Å². The van der Waals surface area contributed by atoms with Gasteiger partial charge < -0.3 is 0 Å². The summed E-state index contributed by atoms with van der Waals surface area (Å²) < 4.78 is 0. The van der Waals surface area contributed by atoms with E-state index in [0.717, 1.165) is 29.6 Å². The number of rotatable bonds is 5. The Morgan fingerprint density at radius 1 is 0.935 bits per heavy atom. The van der Waals surface area contributed by atoms with Gasteiger partial charge in [0, 0.05) is 0 Å². The van der Waals surface area contributed by atoms with Gasteiger partial charge in [0.05, 0.1) is 0 Å². The summed E-state index contributed by atoms with van der Waals surface area (Å²) >= 11 is 0. The molecule has 0 radical (unpaired) electrons. The van der Waals surface area contributed by atoms with Gasteiger partial charge in [0.15, 0.2) is 0 Å². The van der Waals surface area contributed by atoms with Gasteiger partial charge in [-0.25, -0.2) is 0 Å². The third kappa shape index (κ3) is 4.54. The molecule has 182 valence electrons. The Bertz CT molecular complexity index is 600. The highest BCUT2D eigenvalue weighted by Crippen LogP contribution is 2.77. The van der Waals surface area contributed by atoms with Crippen LogP contribution in [0.1, 0.15) is 140 Å². The van der Waals surface area contributed by atoms with Gasteiger partial charge >= 0.3 is 0 Å². The van der Waals surface area contributed by atoms with Crippen LogP contribution in [0.25, 0.3) is 0 Å². The van der Waals surface area contributed by atoms with Crippen molar-refractivity contribution in [3.8, 4) is 0 Å². The molecular formula is C31H58. The predicted molar refractivity (Wildman–Crippen MR) is 138 cm³/mol. The third-order valence-electron chi connectivity index (χ3n) is 11.5. The molecule has 6 unspecified atom stereocenters. The van der Waals surface area contributed by atoms with Gasteiger partial charge in [-0.3, -0.25) is 0 Å². The fourth-order valence-electron chi connectivity index (χ4n) is 9.26. The SMILES string of the molecule is CCC(C)CC1C(CC(C)(C)C)CC2(CC(C)(C)C(C)(C)C2)C1(C)C1CCCC(C)C1. The normalized spacial score (nSPS) is 40.4. The summed E-state index contributed by atoms with van der Waals surface area (Å²) in [4.78, 5) is 0. The molecule has 0 heteroatoms. The first-order valence-corrected chi connectivity index (χ1v) is 14.1. The molecule has 3 fully saturated rings. The van der Waals surface area contributed by atoms with Crippen LogP contribution in [0.5, 0.6) is 0 Å². The Morgan fingerprint density at radius 2 is 1.52 bits per heavy atom. The molecule has 0 aromatic heterocycles. The van der Waals surface area contributed by atoms with Crippen LogP contribution in [0.3, 0.4) is 0 Å². The van der Waals surface area contributed by atoms with Gasteiger partial charge in [0.25, 0.3) is 0 Å². The lowest BCUT2D eigenvalue weighted by Gasteiger charge is -2.53. The van der Waals surface area contributed by atoms with E-state index in [-0.39, 0.29) is 0 Å². The van der Waals surface area contributed by atoms with E-state index in [1.807, 2.05) is 0 Å². The quantitative estimate of drug-likeness (QED) is 0.407. The lowest BCUT2D eigenvalue weighted by atomic mass is 9.51. The molecule has 0 N–H and O–H groups in total. The van der Waals surface area contributed by atoms with Crippen molar-refractivity contribution >= 4 is 0 Å². The van der Waals surface area contributed by atoms with Crippen LogP contribution >= 0.6 is 0 Å². The maximum Gasteiger partial charge on any atom is -0.0209 e. The van der Waals surface area contributed by atoms with Crippen molar-refractivity contribution in [2.75, 3.05) is 0 Å². The summed E-state index contributed by atoms with van der Waals surface area (Å²) in [5, 5.41) is 0. The minimum atomic E-state index is 0.439. The lowest BCUT2D eigenvalue weighted by molar-refractivity contribution is -0.0495. The van der Waals surface area contributed by atoms with Crippen LogP contribution < -0.4 is 0 Å². The first kappa shape index (κ1) is 25.6. The summed E-state index contributed by atoms with van der Waals surface area (Å²) in [6.45, 7) is 28.3. The molecule has 3 saturated carbocycles. The average Bonchev–Trinajstić information content (AvgIpc) is 2.93. The Kier molecular flexibility index (Phi) is 6.89. The van der Waals surface area contributed by atoms with Crippen molar-refractivity contribution in [2.45, 2.75) is 140 Å². The van der Waals surface area contributed by atoms with E-state index < -0.39 is 0 Å². The van der Waals surface area contributed by atoms with Crippen LogP contribution in [0.2, 0.25) is 0 Å². The van der Waals surface area contributed by atoms with E-state index in [4.69, 9.17) is 0 Å². The van der Waals surface area contributed by atoms with E-state index in [1.165, 1.54) is 64.2 Å². The highest BCUT2D eigenvalue weighted by molar-refractivity contribution is 5.18. The fraction of sp³-hybridized carbons (Fsp3) is 1.00. The molecule has 0 bridgehead atoms. The van der Waals surface area contributed by atoms with Crippen molar-refractivity contribution in [3.05, 3.63) is 0 Å². The van der Waals surface area contributed by atoms with Crippen molar-refractivity contribution in [2.24, 2.45) is 56.7 Å². The van der Waals surface area contributed by atoms with Crippen LogP contribution in [0, 0.1) is 56.7 Å². The average molecular weight is 431 g/mol. The molecule has 3 rings (SSSR count). The van der Waals surface area contributed by atoms with Gasteiger partial charge in [-0.05, 0) is 102 Å². The van der Waals surface area contributed by atoms with Crippen LogP contribution in [0.4, 0.5) is 0 Å². The highest BCUT2D eigenvalue weighted by atomic mass is 14.7. The fourth-order valence-corrected chi connectivity index (χ4v) is 9.26. The minimum Gasteiger partial charge on any atom is -0.0651 e. The van der Waals surface area contributed by atoms with Gasteiger partial charge in [-0.2, -0.15) is 0 Å². The number of hydrogen-bond donors (Lipinski definition) is 0. The molecular weight excluding hydrogens is 372 g/mol. The van der Waals surface area contributed by atoms with Crippen molar-refractivity contribution < 1.29 is 0 Å². The first-order valence-electron chi connectivity index (χ1n) is 14.1. The zero-order valence-electron chi connectivity index (χ0n) is 23.5. The standard InChI is InChI=1S/C31H58/c1-12-22(2)17-26-24(18-27(4,5)6)19-31(20-28(7,8)29(9,10)21-31)30(26,11)25-15-13-14-23(3)16-25/h22-26H,12-21H2,1-11H3. The largest absolute Gasteiger partial charge is 0.0651 e. The number of hydrogen-bond acceptors (Lipinski definition) is 0. The summed E-state index contributed by atoms with van der Waals surface area (Å²) in [5.41, 5.74) is 2.41. The third-order valence-corrected chi connectivity index (χ3v) is 11.5. The summed E-state index contributed by atoms with van der Waals surface area (Å²) in [6, 6.07) is 0. The lowest BCUT2D eigenvalue weighted by Crippen LogP contribution is -2.46. The smallest absolute Gasteiger partial charge is 0.0209 e. The Balaban J connectivity index is 2.11. The van der Waals surface area contributed by atoms with Crippen molar-refractivity contribution in [1.82, 2.24) is 0 Å². The van der Waals surface area contributed by atoms with Crippen molar-refractivity contribution in [3.63, 3.8) is 0 Å². The Morgan fingerprint density at radius 3 is 2.00 bits per heavy atom. The molecule has 6 atom stereocenters. The van der Waals surface area contributed by atoms with Crippen molar-refractivity contribution in [1.29, 1.82) is 0 Å². The monoisotopic (exact) mass is 430 g/mol. The van der Waals surface area contributed by atoms with Crippen LogP contribution in [-0.2, 0) is 0 Å². The minimum absolute atomic E-state index is 0.439. The van der Waals surface area contributed by atoms with Gasteiger partial charge in [0.2, 0.25) is 0 Å². The molecule has 31 heavy (non-hydrogen) atoms. The van der Waals surface area contributed by atoms with E-state index >= 15 is 0 Å². The summed E-state index contributed by atoms with van der Waals surface area (Å²) in [6.07, 6.45) is 14.6. The maximum absolute atomic E-state index is 2.85. The van der Waals surface area contributed by atoms with E-state index in [0.29, 0.717) is 27.1 Å². The zero-order valence-corrected chi connectivity index (χ0v) is 23.5. The molecule has 3 aliphatic rings. The molecule has 1 spiro atoms. The second kappa shape index (κ2) is 8.34. The highest BCUT2D eigenvalue weighted by Gasteiger charge is 2.69. The molecule has 0 aromatic carbocycles. The second-order valence-electron chi connectivity index (χ2n) is 15.7. The second-order valence-corrected chi connectivity index (χ2v) is 15.7. The van der Waals surface area contributed by atoms with Crippen LogP contribution in [0.15, 0.2) is 0 Å². The van der Waals surface area contributed by atoms with Gasteiger partial charge in [0.1, 0.15) is 0 Å². The van der Waals surface area contributed by atoms with Gasteiger partial charge in [-0.15, -0.1) is 0 Å². The zero-order chi connectivity index (χ0) is 23.5. The van der Waals surface area contributed by atoms with Gasteiger partial charge in [-0.1, -0.05) is 95.4 Å². The maximum atomic E-state index is 2.85. The predicted octanol–water partition coefficient (Wildman–Crippen LogP) is 10.2. The first-order chi connectivity index (χ1) is 14.1. The molecule has 0 amide bonds. The molecule has 0 nitrogen and oxygen atoms in total. The molecule has 0 heterocycles. The Hall–Kier alpha value is 0. The summed E-state index contributed by atoms with van der Waals surface area (Å²) in [7, 11) is 0.